The molecule has 7 aromatic carbocycles. The molecule has 0 radical (unpaired) electrons. The van der Waals surface area contributed by atoms with Crippen LogP contribution >= 0.6 is 0 Å². The van der Waals surface area contributed by atoms with Gasteiger partial charge in [-0.2, -0.15) is 0 Å². The van der Waals surface area contributed by atoms with Crippen molar-refractivity contribution in [2.45, 2.75) is 37.7 Å². The third-order valence-corrected chi connectivity index (χ3v) is 13.2. The minimum absolute atomic E-state index is 0.117. The summed E-state index contributed by atoms with van der Waals surface area (Å²) in [5.41, 5.74) is 12.8. The number of nitrogens with zero attached hydrogens (tertiary/aromatic N) is 3. The second-order valence-electron chi connectivity index (χ2n) is 16.0. The zero-order valence-corrected chi connectivity index (χ0v) is 33.5. The van der Waals surface area contributed by atoms with Crippen molar-refractivity contribution in [2.75, 3.05) is 31.2 Å². The SMILES string of the molecule is CCC1(CC)c2ccccc2-c2c1c1c(c3ccccc23)OC(c2ccc(-c3nc(-c4ccccc4)c4ccccc4n3)cc2)(c2ccc(N3CCOCC3)cc2)C=C1. The summed E-state index contributed by atoms with van der Waals surface area (Å²) >= 11 is 0. The highest BCUT2D eigenvalue weighted by molar-refractivity contribution is 6.08. The van der Waals surface area contributed by atoms with Crippen LogP contribution in [0.25, 0.3) is 61.5 Å². The summed E-state index contributed by atoms with van der Waals surface area (Å²) in [6.07, 6.45) is 6.69. The van der Waals surface area contributed by atoms with Crippen molar-refractivity contribution in [1.29, 1.82) is 0 Å². The molecule has 1 unspecified atom stereocenters. The largest absolute Gasteiger partial charge is 0.472 e. The Balaban J connectivity index is 1.09. The van der Waals surface area contributed by atoms with Crippen LogP contribution in [-0.4, -0.2) is 36.3 Å². The third kappa shape index (κ3) is 5.48. The molecule has 1 atom stereocenters. The first-order chi connectivity index (χ1) is 29.1. The van der Waals surface area contributed by atoms with Crippen LogP contribution in [0.1, 0.15) is 54.5 Å². The zero-order chi connectivity index (χ0) is 39.6. The summed E-state index contributed by atoms with van der Waals surface area (Å²) in [6, 6.07) is 54.2. The molecule has 288 valence electrons. The Hall–Kier alpha value is -6.56. The van der Waals surface area contributed by atoms with Crippen LogP contribution in [0.3, 0.4) is 0 Å². The maximum absolute atomic E-state index is 7.73. The van der Waals surface area contributed by atoms with Gasteiger partial charge in [0.25, 0.3) is 0 Å². The van der Waals surface area contributed by atoms with Crippen LogP contribution in [-0.2, 0) is 15.8 Å². The van der Waals surface area contributed by atoms with Gasteiger partial charge >= 0.3 is 0 Å². The summed E-state index contributed by atoms with van der Waals surface area (Å²) in [6.45, 7) is 7.94. The lowest BCUT2D eigenvalue weighted by Crippen LogP contribution is -2.37. The number of hydrogen-bond acceptors (Lipinski definition) is 5. The van der Waals surface area contributed by atoms with Gasteiger partial charge in [-0.25, -0.2) is 9.97 Å². The van der Waals surface area contributed by atoms with E-state index in [2.05, 4.69) is 170 Å². The summed E-state index contributed by atoms with van der Waals surface area (Å²) in [4.78, 5) is 12.7. The van der Waals surface area contributed by atoms with E-state index in [9.17, 15) is 0 Å². The average molecular weight is 768 g/mol. The van der Waals surface area contributed by atoms with Crippen molar-refractivity contribution in [3.63, 3.8) is 0 Å². The van der Waals surface area contributed by atoms with Crippen molar-refractivity contribution >= 4 is 33.4 Å². The second kappa shape index (κ2) is 14.1. The van der Waals surface area contributed by atoms with Gasteiger partial charge in [-0.3, -0.25) is 0 Å². The number of rotatable bonds is 7. The summed E-state index contributed by atoms with van der Waals surface area (Å²) in [7, 11) is 0. The van der Waals surface area contributed by atoms with Gasteiger partial charge in [0.15, 0.2) is 11.4 Å². The fourth-order valence-corrected chi connectivity index (χ4v) is 10.2. The Bertz CT molecular complexity index is 2910. The topological polar surface area (TPSA) is 47.5 Å². The van der Waals surface area contributed by atoms with Crippen LogP contribution in [0.2, 0.25) is 0 Å². The molecule has 0 bridgehead atoms. The van der Waals surface area contributed by atoms with Crippen molar-refractivity contribution < 1.29 is 9.47 Å². The first-order valence-corrected chi connectivity index (χ1v) is 21.1. The number of benzene rings is 7. The van der Waals surface area contributed by atoms with Gasteiger partial charge < -0.3 is 14.4 Å². The summed E-state index contributed by atoms with van der Waals surface area (Å²) in [5.74, 6) is 1.63. The standard InChI is InChI=1S/C54H45N3O2/c1-3-53(4-2)46-20-12-10-18-43(46)48-41-16-8-9-17-42(41)51-45(49(48)53)30-31-54(59-51,39-26-28-40(29-27-39)57-32-34-58-35-33-57)38-24-22-37(23-25-38)52-55-47-21-13-11-19-44(47)50(56-52)36-14-6-5-7-15-36/h5-31H,3-4,32-35H2,1-2H3. The fourth-order valence-electron chi connectivity index (χ4n) is 10.2. The molecule has 0 saturated carbocycles. The number of fused-ring (bicyclic) bond motifs is 9. The van der Waals surface area contributed by atoms with E-state index in [4.69, 9.17) is 19.4 Å². The highest BCUT2D eigenvalue weighted by atomic mass is 16.5. The molecular weight excluding hydrogens is 723 g/mol. The van der Waals surface area contributed by atoms with Crippen molar-refractivity contribution in [1.82, 2.24) is 9.97 Å². The van der Waals surface area contributed by atoms with Crippen LogP contribution in [0, 0.1) is 0 Å². The molecule has 1 fully saturated rings. The van der Waals surface area contributed by atoms with E-state index in [1.807, 2.05) is 12.1 Å². The monoisotopic (exact) mass is 767 g/mol. The van der Waals surface area contributed by atoms with Crippen LogP contribution in [0.5, 0.6) is 5.75 Å². The van der Waals surface area contributed by atoms with Gasteiger partial charge in [0.2, 0.25) is 0 Å². The van der Waals surface area contributed by atoms with E-state index in [1.54, 1.807) is 0 Å². The minimum Gasteiger partial charge on any atom is -0.472 e. The third-order valence-electron chi connectivity index (χ3n) is 13.2. The zero-order valence-electron chi connectivity index (χ0n) is 33.5. The average Bonchev–Trinajstić information content (AvgIpc) is 3.62. The molecule has 1 aromatic heterocycles. The van der Waals surface area contributed by atoms with Gasteiger partial charge in [-0.15, -0.1) is 0 Å². The van der Waals surface area contributed by atoms with Gasteiger partial charge in [0.1, 0.15) is 5.75 Å². The van der Waals surface area contributed by atoms with Crippen molar-refractivity contribution in [3.8, 4) is 39.5 Å². The van der Waals surface area contributed by atoms with Gasteiger partial charge in [0, 0.05) is 62.8 Å². The Morgan fingerprint density at radius 1 is 0.610 bits per heavy atom. The van der Waals surface area contributed by atoms with Crippen LogP contribution < -0.4 is 9.64 Å². The Morgan fingerprint density at radius 2 is 1.25 bits per heavy atom. The molecule has 0 amide bonds. The van der Waals surface area contributed by atoms with Crippen molar-refractivity contribution in [2.24, 2.45) is 0 Å². The van der Waals surface area contributed by atoms with E-state index >= 15 is 0 Å². The molecule has 0 spiro atoms. The van der Waals surface area contributed by atoms with Crippen LogP contribution in [0.15, 0.2) is 158 Å². The minimum atomic E-state index is -0.905. The van der Waals surface area contributed by atoms with Crippen LogP contribution in [0.4, 0.5) is 5.69 Å². The number of aromatic nitrogens is 2. The lowest BCUT2D eigenvalue weighted by molar-refractivity contribution is 0.122. The Morgan fingerprint density at radius 3 is 2.00 bits per heavy atom. The quantitative estimate of drug-likeness (QED) is 0.162. The van der Waals surface area contributed by atoms with Gasteiger partial charge in [-0.05, 0) is 64.8 Å². The van der Waals surface area contributed by atoms with Gasteiger partial charge in [-0.1, -0.05) is 153 Å². The lowest BCUT2D eigenvalue weighted by Gasteiger charge is -2.39. The molecule has 2 aliphatic heterocycles. The molecular formula is C54H45N3O2. The molecule has 59 heavy (non-hydrogen) atoms. The highest BCUT2D eigenvalue weighted by Gasteiger charge is 2.46. The fraction of sp³-hybridized carbons (Fsp3) is 0.185. The number of hydrogen-bond donors (Lipinski definition) is 0. The second-order valence-corrected chi connectivity index (χ2v) is 16.0. The molecule has 0 N–H and O–H groups in total. The molecule has 3 aliphatic rings. The number of morpholine rings is 1. The number of anilines is 1. The Kier molecular flexibility index (Phi) is 8.49. The van der Waals surface area contributed by atoms with E-state index in [0.29, 0.717) is 5.82 Å². The predicted molar refractivity (Wildman–Crippen MR) is 241 cm³/mol. The smallest absolute Gasteiger partial charge is 0.178 e. The maximum Gasteiger partial charge on any atom is 0.178 e. The first kappa shape index (κ1) is 35.6. The number of para-hydroxylation sites is 1. The molecule has 5 nitrogen and oxygen atoms in total. The highest BCUT2D eigenvalue weighted by Crippen LogP contribution is 2.60. The first-order valence-electron chi connectivity index (χ1n) is 21.1. The number of ether oxygens (including phenoxy) is 2. The normalized spacial score (nSPS) is 17.7. The molecule has 3 heterocycles. The van der Waals surface area contributed by atoms with Crippen molar-refractivity contribution in [3.05, 3.63) is 186 Å². The van der Waals surface area contributed by atoms with E-state index in [1.165, 1.54) is 38.9 Å². The van der Waals surface area contributed by atoms with E-state index in [0.717, 1.165) is 89.1 Å². The van der Waals surface area contributed by atoms with Gasteiger partial charge in [0.05, 0.1) is 24.4 Å². The summed E-state index contributed by atoms with van der Waals surface area (Å²) in [5, 5.41) is 3.41. The molecule has 1 aliphatic carbocycles. The predicted octanol–water partition coefficient (Wildman–Crippen LogP) is 12.4. The molecule has 1 saturated heterocycles. The molecule has 5 heteroatoms. The van der Waals surface area contributed by atoms with E-state index < -0.39 is 5.60 Å². The molecule has 11 rings (SSSR count). The van der Waals surface area contributed by atoms with E-state index in [-0.39, 0.29) is 5.41 Å². The lowest BCUT2D eigenvalue weighted by atomic mass is 9.71. The summed E-state index contributed by atoms with van der Waals surface area (Å²) < 4.78 is 13.4. The maximum atomic E-state index is 7.73. The Labute approximate surface area is 345 Å². The molecule has 8 aromatic rings.